The fourth-order valence-electron chi connectivity index (χ4n) is 1.89. The summed E-state index contributed by atoms with van der Waals surface area (Å²) in [5.41, 5.74) is 9.16. The average molecular weight is 401 g/mol. The summed E-state index contributed by atoms with van der Waals surface area (Å²) >= 11 is 12.9. The molecule has 96 valence electrons. The molecule has 6 heteroatoms. The normalized spacial score (nSPS) is 11.1. The topological polar surface area (TPSA) is 54.7 Å². The Balaban J connectivity index is 2.20. The Morgan fingerprint density at radius 2 is 1.95 bits per heavy atom. The van der Waals surface area contributed by atoms with Gasteiger partial charge < -0.3 is 10.7 Å². The molecule has 0 amide bonds. The summed E-state index contributed by atoms with van der Waals surface area (Å²) in [6, 6.07) is 9.47. The van der Waals surface area contributed by atoms with E-state index in [4.69, 9.17) is 17.3 Å². The van der Waals surface area contributed by atoms with Gasteiger partial charge >= 0.3 is 0 Å². The first kappa shape index (κ1) is 13.0. The van der Waals surface area contributed by atoms with E-state index in [0.29, 0.717) is 10.7 Å². The van der Waals surface area contributed by atoms with Gasteiger partial charge in [0.15, 0.2) is 0 Å². The van der Waals surface area contributed by atoms with Gasteiger partial charge in [-0.1, -0.05) is 33.6 Å². The molecule has 1 aromatic heterocycles. The lowest BCUT2D eigenvalue weighted by atomic mass is 10.2. The molecule has 0 aliphatic rings. The van der Waals surface area contributed by atoms with Crippen LogP contribution in [0.1, 0.15) is 0 Å². The fourth-order valence-corrected chi connectivity index (χ4v) is 2.79. The van der Waals surface area contributed by atoms with Gasteiger partial charge in [0.05, 0.1) is 16.2 Å². The molecule has 3 N–H and O–H groups in total. The van der Waals surface area contributed by atoms with E-state index < -0.39 is 0 Å². The zero-order chi connectivity index (χ0) is 13.6. The highest BCUT2D eigenvalue weighted by Gasteiger charge is 2.10. The standard InChI is InChI=1S/C13H8Br2ClN3/c14-7-4-10(17)12-11(5-7)18-13(19-12)6-1-2-8(15)9(16)3-6/h1-5H,17H2,(H,18,19). The van der Waals surface area contributed by atoms with E-state index in [1.165, 1.54) is 0 Å². The number of rotatable bonds is 1. The third kappa shape index (κ3) is 2.38. The van der Waals surface area contributed by atoms with E-state index >= 15 is 0 Å². The number of hydrogen-bond acceptors (Lipinski definition) is 2. The minimum atomic E-state index is 0.634. The number of imidazole rings is 1. The smallest absolute Gasteiger partial charge is 0.138 e. The quantitative estimate of drug-likeness (QED) is 0.565. The molecule has 2 aromatic carbocycles. The number of nitrogens with one attached hydrogen (secondary N) is 1. The largest absolute Gasteiger partial charge is 0.397 e. The molecular formula is C13H8Br2ClN3. The van der Waals surface area contributed by atoms with Crippen molar-refractivity contribution < 1.29 is 0 Å². The van der Waals surface area contributed by atoms with Crippen LogP contribution in [0, 0.1) is 0 Å². The molecule has 0 spiro atoms. The van der Waals surface area contributed by atoms with Crippen LogP contribution in [0.15, 0.2) is 39.3 Å². The van der Waals surface area contributed by atoms with Crippen LogP contribution in [0.2, 0.25) is 5.02 Å². The predicted octanol–water partition coefficient (Wildman–Crippen LogP) is 4.99. The third-order valence-electron chi connectivity index (χ3n) is 2.77. The van der Waals surface area contributed by atoms with E-state index in [-0.39, 0.29) is 0 Å². The first-order valence-electron chi connectivity index (χ1n) is 5.45. The molecule has 0 saturated carbocycles. The number of fused-ring (bicyclic) bond motifs is 1. The number of nitrogens with two attached hydrogens (primary N) is 1. The number of H-pyrrole nitrogens is 1. The Kier molecular flexibility index (Phi) is 3.28. The van der Waals surface area contributed by atoms with Gasteiger partial charge in [-0.2, -0.15) is 0 Å². The number of anilines is 1. The zero-order valence-electron chi connectivity index (χ0n) is 9.55. The van der Waals surface area contributed by atoms with E-state index in [0.717, 1.165) is 31.4 Å². The zero-order valence-corrected chi connectivity index (χ0v) is 13.5. The van der Waals surface area contributed by atoms with Crippen LogP contribution in [0.5, 0.6) is 0 Å². The maximum atomic E-state index is 6.10. The van der Waals surface area contributed by atoms with Gasteiger partial charge in [0.2, 0.25) is 0 Å². The lowest BCUT2D eigenvalue weighted by molar-refractivity contribution is 1.33. The number of halogens is 3. The van der Waals surface area contributed by atoms with Crippen LogP contribution in [0.4, 0.5) is 5.69 Å². The summed E-state index contributed by atoms with van der Waals surface area (Å²) in [6.45, 7) is 0. The molecule has 0 bridgehead atoms. The fraction of sp³-hybridized carbons (Fsp3) is 0. The molecular weight excluding hydrogens is 393 g/mol. The molecule has 3 aromatic rings. The van der Waals surface area contributed by atoms with E-state index in [1.54, 1.807) is 0 Å². The predicted molar refractivity (Wildman–Crippen MR) is 86.4 cm³/mol. The van der Waals surface area contributed by atoms with Crippen LogP contribution < -0.4 is 5.73 Å². The second-order valence-electron chi connectivity index (χ2n) is 4.11. The molecule has 0 aliphatic heterocycles. The van der Waals surface area contributed by atoms with E-state index in [2.05, 4.69) is 41.8 Å². The molecule has 3 nitrogen and oxygen atoms in total. The van der Waals surface area contributed by atoms with Crippen molar-refractivity contribution in [1.82, 2.24) is 9.97 Å². The van der Waals surface area contributed by atoms with Gasteiger partial charge in [-0.15, -0.1) is 0 Å². The Hall–Kier alpha value is -1.04. The van der Waals surface area contributed by atoms with Gasteiger partial charge in [0.1, 0.15) is 11.3 Å². The van der Waals surface area contributed by atoms with Gasteiger partial charge in [0.25, 0.3) is 0 Å². The molecule has 1 heterocycles. The molecule has 0 aliphatic carbocycles. The summed E-state index contributed by atoms with van der Waals surface area (Å²) in [5.74, 6) is 0.745. The lowest BCUT2D eigenvalue weighted by Crippen LogP contribution is -1.86. The van der Waals surface area contributed by atoms with Gasteiger partial charge in [-0.3, -0.25) is 0 Å². The van der Waals surface area contributed by atoms with Crippen LogP contribution >= 0.6 is 43.5 Å². The Morgan fingerprint density at radius 1 is 1.16 bits per heavy atom. The Morgan fingerprint density at radius 3 is 2.68 bits per heavy atom. The number of nitrogens with zero attached hydrogens (tertiary/aromatic N) is 1. The molecule has 19 heavy (non-hydrogen) atoms. The summed E-state index contributed by atoms with van der Waals surface area (Å²) in [7, 11) is 0. The maximum absolute atomic E-state index is 6.10. The Bertz CT molecular complexity index is 783. The molecule has 0 fully saturated rings. The monoisotopic (exact) mass is 399 g/mol. The van der Waals surface area contributed by atoms with Crippen LogP contribution in [0.25, 0.3) is 22.4 Å². The summed E-state index contributed by atoms with van der Waals surface area (Å²) < 4.78 is 1.78. The van der Waals surface area contributed by atoms with Crippen molar-refractivity contribution in [2.45, 2.75) is 0 Å². The van der Waals surface area contributed by atoms with Crippen molar-refractivity contribution >= 4 is 60.2 Å². The van der Waals surface area contributed by atoms with Crippen LogP contribution in [0.3, 0.4) is 0 Å². The number of hydrogen-bond donors (Lipinski definition) is 2. The van der Waals surface area contributed by atoms with Crippen LogP contribution in [-0.4, -0.2) is 9.97 Å². The van der Waals surface area contributed by atoms with Crippen molar-refractivity contribution in [3.05, 3.63) is 44.3 Å². The molecule has 0 unspecified atom stereocenters. The summed E-state index contributed by atoms with van der Waals surface area (Å²) in [4.78, 5) is 7.76. The number of benzene rings is 2. The molecule has 0 radical (unpaired) electrons. The second kappa shape index (κ2) is 4.81. The Labute approximate surface area is 131 Å². The van der Waals surface area contributed by atoms with E-state index in [1.807, 2.05) is 30.3 Å². The minimum Gasteiger partial charge on any atom is -0.397 e. The molecule has 3 rings (SSSR count). The average Bonchev–Trinajstić information content (AvgIpc) is 2.76. The van der Waals surface area contributed by atoms with Crippen molar-refractivity contribution in [3.63, 3.8) is 0 Å². The van der Waals surface area contributed by atoms with Crippen molar-refractivity contribution in [2.24, 2.45) is 0 Å². The van der Waals surface area contributed by atoms with Crippen LogP contribution in [-0.2, 0) is 0 Å². The minimum absolute atomic E-state index is 0.634. The van der Waals surface area contributed by atoms with Gasteiger partial charge in [0, 0.05) is 14.5 Å². The first-order valence-corrected chi connectivity index (χ1v) is 7.41. The number of aromatic nitrogens is 2. The van der Waals surface area contributed by atoms with Crippen molar-refractivity contribution in [3.8, 4) is 11.4 Å². The van der Waals surface area contributed by atoms with Gasteiger partial charge in [-0.25, -0.2) is 4.98 Å². The lowest BCUT2D eigenvalue weighted by Gasteiger charge is -1.99. The first-order chi connectivity index (χ1) is 9.04. The summed E-state index contributed by atoms with van der Waals surface area (Å²) in [6.07, 6.45) is 0. The van der Waals surface area contributed by atoms with Crippen molar-refractivity contribution in [1.29, 1.82) is 0 Å². The highest BCUT2D eigenvalue weighted by molar-refractivity contribution is 9.10. The molecule has 0 saturated heterocycles. The molecule has 0 atom stereocenters. The second-order valence-corrected chi connectivity index (χ2v) is 6.28. The highest BCUT2D eigenvalue weighted by Crippen LogP contribution is 2.31. The maximum Gasteiger partial charge on any atom is 0.138 e. The van der Waals surface area contributed by atoms with E-state index in [9.17, 15) is 0 Å². The number of aromatic amines is 1. The third-order valence-corrected chi connectivity index (χ3v) is 4.46. The van der Waals surface area contributed by atoms with Crippen molar-refractivity contribution in [2.75, 3.05) is 5.73 Å². The SMILES string of the molecule is Nc1cc(Br)cc2[nH]c(-c3ccc(Br)c(Cl)c3)nc12. The number of nitrogen functional groups attached to an aromatic ring is 1. The summed E-state index contributed by atoms with van der Waals surface area (Å²) in [5, 5.41) is 0.645. The highest BCUT2D eigenvalue weighted by atomic mass is 79.9. The van der Waals surface area contributed by atoms with Gasteiger partial charge in [-0.05, 0) is 40.2 Å².